The molecular weight excluding hydrogens is 442 g/mol. The quantitative estimate of drug-likeness (QED) is 0.381. The smallest absolute Gasteiger partial charge is 0.134 e. The van der Waals surface area contributed by atoms with Crippen LogP contribution in [0, 0.1) is 22.7 Å². The molecule has 148 valence electrons. The Morgan fingerprint density at radius 3 is 2.69 bits per heavy atom. The molecule has 3 nitrogen and oxygen atoms in total. The molecule has 2 heterocycles. The van der Waals surface area contributed by atoms with E-state index in [1.165, 1.54) is 10.4 Å². The Labute approximate surface area is 184 Å². The van der Waals surface area contributed by atoms with Gasteiger partial charge < -0.3 is 4.57 Å². The van der Waals surface area contributed by atoms with Crippen LogP contribution in [0.25, 0.3) is 5.69 Å². The predicted molar refractivity (Wildman–Crippen MR) is 125 cm³/mol. The summed E-state index contributed by atoms with van der Waals surface area (Å²) < 4.78 is 3.16. The van der Waals surface area contributed by atoms with Crippen molar-refractivity contribution in [2.24, 2.45) is 16.3 Å². The molecule has 1 aromatic carbocycles. The minimum Gasteiger partial charge on any atom is -0.316 e. The predicted octanol–water partition coefficient (Wildman–Crippen LogP) is 7.07. The van der Waals surface area contributed by atoms with Gasteiger partial charge in [-0.15, -0.1) is 11.3 Å². The van der Waals surface area contributed by atoms with Gasteiger partial charge in [-0.05, 0) is 72.6 Å². The van der Waals surface area contributed by atoms with E-state index in [2.05, 4.69) is 59.5 Å². The summed E-state index contributed by atoms with van der Waals surface area (Å²) >= 11 is 5.18. The van der Waals surface area contributed by atoms with E-state index in [4.69, 9.17) is 4.99 Å². The zero-order chi connectivity index (χ0) is 20.6. The first kappa shape index (κ1) is 20.1. The number of rotatable bonds is 3. The molecule has 0 spiro atoms. The molecule has 4 rings (SSSR count). The van der Waals surface area contributed by atoms with Crippen molar-refractivity contribution in [1.29, 1.82) is 5.26 Å². The van der Waals surface area contributed by atoms with Gasteiger partial charge >= 0.3 is 0 Å². The lowest BCUT2D eigenvalue weighted by molar-refractivity contribution is 0.218. The number of aliphatic imine (C=N–C) groups is 1. The van der Waals surface area contributed by atoms with Crippen molar-refractivity contribution < 1.29 is 0 Å². The largest absolute Gasteiger partial charge is 0.316 e. The van der Waals surface area contributed by atoms with E-state index < -0.39 is 0 Å². The van der Waals surface area contributed by atoms with E-state index in [1.807, 2.05) is 36.7 Å². The van der Waals surface area contributed by atoms with Crippen LogP contribution >= 0.6 is 27.3 Å². The number of hydrogen-bond donors (Lipinski definition) is 0. The zero-order valence-electron chi connectivity index (χ0n) is 16.9. The molecule has 0 aliphatic heterocycles. The maximum Gasteiger partial charge on any atom is 0.134 e. The van der Waals surface area contributed by atoms with Gasteiger partial charge in [0, 0.05) is 21.2 Å². The summed E-state index contributed by atoms with van der Waals surface area (Å²) in [5.41, 5.74) is 4.38. The molecule has 0 fully saturated rings. The number of benzene rings is 1. The van der Waals surface area contributed by atoms with Gasteiger partial charge in [0.2, 0.25) is 0 Å². The Morgan fingerprint density at radius 1 is 1.24 bits per heavy atom. The Balaban J connectivity index is 1.64. The van der Waals surface area contributed by atoms with Gasteiger partial charge in [-0.2, -0.15) is 5.26 Å². The molecule has 0 saturated heterocycles. The van der Waals surface area contributed by atoms with Crippen molar-refractivity contribution in [3.63, 3.8) is 0 Å². The second-order valence-electron chi connectivity index (χ2n) is 8.64. The average Bonchev–Trinajstić information content (AvgIpc) is 3.29. The maximum atomic E-state index is 9.78. The normalized spacial score (nSPS) is 16.7. The van der Waals surface area contributed by atoms with Crippen molar-refractivity contribution >= 4 is 38.5 Å². The van der Waals surface area contributed by atoms with Crippen LogP contribution in [0.3, 0.4) is 0 Å². The molecule has 1 aliphatic rings. The fourth-order valence-corrected chi connectivity index (χ4v) is 5.46. The zero-order valence-corrected chi connectivity index (χ0v) is 19.3. The summed E-state index contributed by atoms with van der Waals surface area (Å²) in [6.07, 6.45) is 7.10. The first-order chi connectivity index (χ1) is 13.9. The molecule has 0 bridgehead atoms. The molecule has 0 amide bonds. The van der Waals surface area contributed by atoms with Crippen molar-refractivity contribution in [1.82, 2.24) is 4.57 Å². The third-order valence-electron chi connectivity index (χ3n) is 5.78. The third kappa shape index (κ3) is 4.10. The summed E-state index contributed by atoms with van der Waals surface area (Å²) in [5, 5.41) is 10.6. The second-order valence-corrected chi connectivity index (χ2v) is 10.6. The molecule has 3 aromatic rings. The number of aromatic nitrogens is 1. The van der Waals surface area contributed by atoms with Crippen LogP contribution in [0.15, 0.2) is 52.1 Å². The second kappa shape index (κ2) is 7.93. The first-order valence-electron chi connectivity index (χ1n) is 9.89. The number of thiophene rings is 1. The number of nitrogens with zero attached hydrogens (tertiary/aromatic N) is 3. The van der Waals surface area contributed by atoms with Crippen molar-refractivity contribution in [2.45, 2.75) is 40.0 Å². The highest BCUT2D eigenvalue weighted by Gasteiger charge is 2.32. The minimum absolute atomic E-state index is 0.295. The first-order valence-corrected chi connectivity index (χ1v) is 11.5. The van der Waals surface area contributed by atoms with Crippen LogP contribution in [0.1, 0.15) is 48.9 Å². The average molecular weight is 466 g/mol. The SMILES string of the molecule is CC(C)(C)[C@H]1CCc2c(sc(N=Cc3cccn3-c3ccc(Br)cc3)c2C#N)C1. The van der Waals surface area contributed by atoms with Crippen LogP contribution in [0.4, 0.5) is 5.00 Å². The van der Waals surface area contributed by atoms with E-state index in [0.717, 1.165) is 45.7 Å². The summed E-state index contributed by atoms with van der Waals surface area (Å²) in [7, 11) is 0. The Bertz CT molecular complexity index is 1090. The molecule has 0 N–H and O–H groups in total. The Morgan fingerprint density at radius 2 is 2.00 bits per heavy atom. The molecule has 1 aliphatic carbocycles. The highest BCUT2D eigenvalue weighted by Crippen LogP contribution is 2.44. The number of hydrogen-bond acceptors (Lipinski definition) is 3. The van der Waals surface area contributed by atoms with Gasteiger partial charge in [0.1, 0.15) is 11.1 Å². The van der Waals surface area contributed by atoms with Gasteiger partial charge in [0.15, 0.2) is 0 Å². The van der Waals surface area contributed by atoms with Crippen LogP contribution < -0.4 is 0 Å². The topological polar surface area (TPSA) is 41.1 Å². The molecule has 0 radical (unpaired) electrons. The molecule has 29 heavy (non-hydrogen) atoms. The third-order valence-corrected chi connectivity index (χ3v) is 7.47. The van der Waals surface area contributed by atoms with Gasteiger partial charge in [-0.25, -0.2) is 4.99 Å². The summed E-state index contributed by atoms with van der Waals surface area (Å²) in [6, 6.07) is 14.7. The standard InChI is InChI=1S/C24H24BrN3S/c1-24(2,3)16-6-11-20-21(14-26)23(29-22(20)13-16)27-15-19-5-4-12-28(19)18-9-7-17(25)8-10-18/h4-5,7-10,12,15-16H,6,11,13H2,1-3H3/t16-/m0/s1. The van der Waals surface area contributed by atoms with Gasteiger partial charge in [0.05, 0.1) is 17.5 Å². The maximum absolute atomic E-state index is 9.78. The van der Waals surface area contributed by atoms with Gasteiger partial charge in [0.25, 0.3) is 0 Å². The number of halogens is 1. The lowest BCUT2D eigenvalue weighted by atomic mass is 9.72. The van der Waals surface area contributed by atoms with Crippen LogP contribution in [0.2, 0.25) is 0 Å². The number of nitriles is 1. The lowest BCUT2D eigenvalue weighted by Gasteiger charge is -2.33. The Kier molecular flexibility index (Phi) is 5.50. The number of fused-ring (bicyclic) bond motifs is 1. The molecule has 1 atom stereocenters. The van der Waals surface area contributed by atoms with Crippen LogP contribution in [-0.4, -0.2) is 10.8 Å². The molecule has 5 heteroatoms. The van der Waals surface area contributed by atoms with E-state index in [9.17, 15) is 5.26 Å². The lowest BCUT2D eigenvalue weighted by Crippen LogP contribution is -2.26. The summed E-state index contributed by atoms with van der Waals surface area (Å²) in [6.45, 7) is 6.95. The summed E-state index contributed by atoms with van der Waals surface area (Å²) in [5.74, 6) is 0.659. The van der Waals surface area contributed by atoms with Crippen molar-refractivity contribution in [3.05, 3.63) is 68.8 Å². The highest BCUT2D eigenvalue weighted by molar-refractivity contribution is 9.10. The molecule has 2 aromatic heterocycles. The Hall–Kier alpha value is -2.16. The van der Waals surface area contributed by atoms with Crippen molar-refractivity contribution in [3.8, 4) is 11.8 Å². The van der Waals surface area contributed by atoms with E-state index in [1.54, 1.807) is 11.3 Å². The fraction of sp³-hybridized carbons (Fsp3) is 0.333. The van der Waals surface area contributed by atoms with E-state index in [-0.39, 0.29) is 0 Å². The van der Waals surface area contributed by atoms with Crippen LogP contribution in [-0.2, 0) is 12.8 Å². The molecular formula is C24H24BrN3S. The minimum atomic E-state index is 0.295. The summed E-state index contributed by atoms with van der Waals surface area (Å²) in [4.78, 5) is 6.11. The van der Waals surface area contributed by atoms with Crippen LogP contribution in [0.5, 0.6) is 0 Å². The van der Waals surface area contributed by atoms with Crippen molar-refractivity contribution in [2.75, 3.05) is 0 Å². The molecule has 0 unspecified atom stereocenters. The highest BCUT2D eigenvalue weighted by atomic mass is 79.9. The van der Waals surface area contributed by atoms with Gasteiger partial charge in [-0.1, -0.05) is 36.7 Å². The van der Waals surface area contributed by atoms with E-state index >= 15 is 0 Å². The molecule has 0 saturated carbocycles. The van der Waals surface area contributed by atoms with E-state index in [0.29, 0.717) is 11.3 Å². The van der Waals surface area contributed by atoms with Gasteiger partial charge in [-0.3, -0.25) is 0 Å². The fourth-order valence-electron chi connectivity index (χ4n) is 3.98. The monoisotopic (exact) mass is 465 g/mol.